The van der Waals surface area contributed by atoms with E-state index < -0.39 is 0 Å². The number of hydrogen-bond donors (Lipinski definition) is 1. The van der Waals surface area contributed by atoms with E-state index >= 15 is 0 Å². The lowest BCUT2D eigenvalue weighted by Gasteiger charge is -2.13. The molecule has 1 atom stereocenters. The third-order valence-electron chi connectivity index (χ3n) is 2.60. The summed E-state index contributed by atoms with van der Waals surface area (Å²) in [6, 6.07) is 9.91. The van der Waals surface area contributed by atoms with Crippen LogP contribution in [0.1, 0.15) is 11.6 Å². The lowest BCUT2D eigenvalue weighted by atomic mass is 10.1. The average molecular weight is 300 g/mol. The molecule has 0 heterocycles. The normalized spacial score (nSPS) is 12.4. The molecule has 0 saturated heterocycles. The van der Waals surface area contributed by atoms with E-state index in [-0.39, 0.29) is 17.7 Å². The Bertz CT molecular complexity index is 560. The second-order valence-corrected chi connectivity index (χ2v) is 5.54. The molecule has 2 N–H and O–H groups in total. The molecule has 0 fully saturated rings. The highest BCUT2D eigenvalue weighted by Gasteiger charge is 2.11. The zero-order valence-corrected chi connectivity index (χ0v) is 11.5. The second kappa shape index (κ2) is 6.37. The standard InChI is InChI=1S/C14H12ClF2NS/c15-13-6-3-10(17)7-12(13)14(18)8-19-11-4-1-9(16)2-5-11/h1-7,14H,8,18H2. The minimum absolute atomic E-state index is 0.276. The van der Waals surface area contributed by atoms with Crippen molar-refractivity contribution in [3.8, 4) is 0 Å². The molecule has 0 amide bonds. The fraction of sp³-hybridized carbons (Fsp3) is 0.143. The van der Waals surface area contributed by atoms with Crippen molar-refractivity contribution in [1.29, 1.82) is 0 Å². The summed E-state index contributed by atoms with van der Waals surface area (Å²) in [6.07, 6.45) is 0. The first kappa shape index (κ1) is 14.3. The number of halogens is 3. The maximum absolute atomic E-state index is 13.2. The first-order valence-corrected chi connectivity index (χ1v) is 7.01. The van der Waals surface area contributed by atoms with Crippen molar-refractivity contribution < 1.29 is 8.78 Å². The van der Waals surface area contributed by atoms with Gasteiger partial charge in [-0.05, 0) is 48.0 Å². The van der Waals surface area contributed by atoms with Crippen molar-refractivity contribution in [3.63, 3.8) is 0 Å². The maximum Gasteiger partial charge on any atom is 0.123 e. The predicted octanol–water partition coefficient (Wildman–Crippen LogP) is 4.41. The molecule has 19 heavy (non-hydrogen) atoms. The van der Waals surface area contributed by atoms with Crippen molar-refractivity contribution in [2.24, 2.45) is 5.73 Å². The van der Waals surface area contributed by atoms with Crippen LogP contribution in [0.25, 0.3) is 0 Å². The van der Waals surface area contributed by atoms with E-state index in [9.17, 15) is 8.78 Å². The van der Waals surface area contributed by atoms with Crippen LogP contribution in [0.15, 0.2) is 47.4 Å². The molecule has 0 spiro atoms. The Morgan fingerprint density at radius 3 is 2.37 bits per heavy atom. The molecule has 1 unspecified atom stereocenters. The van der Waals surface area contributed by atoms with Crippen LogP contribution in [0, 0.1) is 11.6 Å². The van der Waals surface area contributed by atoms with Crippen LogP contribution in [-0.4, -0.2) is 5.75 Å². The maximum atomic E-state index is 13.2. The summed E-state index contributed by atoms with van der Waals surface area (Å²) in [5, 5.41) is 0.452. The van der Waals surface area contributed by atoms with E-state index in [4.69, 9.17) is 17.3 Å². The first-order chi connectivity index (χ1) is 9.06. The summed E-state index contributed by atoms with van der Waals surface area (Å²) in [5.41, 5.74) is 6.58. The average Bonchev–Trinajstić information content (AvgIpc) is 2.40. The van der Waals surface area contributed by atoms with Crippen LogP contribution < -0.4 is 5.73 Å². The molecule has 2 aromatic carbocycles. The van der Waals surface area contributed by atoms with E-state index in [1.807, 2.05) is 0 Å². The van der Waals surface area contributed by atoms with E-state index in [0.29, 0.717) is 16.3 Å². The highest BCUT2D eigenvalue weighted by molar-refractivity contribution is 7.99. The summed E-state index contributed by atoms with van der Waals surface area (Å²) in [6.45, 7) is 0. The van der Waals surface area contributed by atoms with Crippen LogP contribution in [-0.2, 0) is 0 Å². The zero-order valence-electron chi connectivity index (χ0n) is 9.95. The van der Waals surface area contributed by atoms with Gasteiger partial charge in [0.15, 0.2) is 0 Å². The van der Waals surface area contributed by atoms with E-state index in [1.54, 1.807) is 12.1 Å². The molecule has 1 nitrogen and oxygen atoms in total. The van der Waals surface area contributed by atoms with Crippen molar-refractivity contribution in [3.05, 3.63) is 64.7 Å². The van der Waals surface area contributed by atoms with Crippen molar-refractivity contribution in [2.75, 3.05) is 5.75 Å². The third kappa shape index (κ3) is 3.93. The van der Waals surface area contributed by atoms with Gasteiger partial charge in [0.2, 0.25) is 0 Å². The smallest absolute Gasteiger partial charge is 0.123 e. The van der Waals surface area contributed by atoms with E-state index in [1.165, 1.54) is 42.1 Å². The number of nitrogens with two attached hydrogens (primary N) is 1. The molecule has 0 aromatic heterocycles. The molecule has 100 valence electrons. The van der Waals surface area contributed by atoms with Gasteiger partial charge >= 0.3 is 0 Å². The number of rotatable bonds is 4. The first-order valence-electron chi connectivity index (χ1n) is 5.65. The van der Waals surface area contributed by atoms with Gasteiger partial charge in [0.1, 0.15) is 11.6 Å². The molecule has 0 aliphatic carbocycles. The molecule has 5 heteroatoms. The number of hydrogen-bond acceptors (Lipinski definition) is 2. The van der Waals surface area contributed by atoms with Gasteiger partial charge in [0.05, 0.1) is 0 Å². The monoisotopic (exact) mass is 299 g/mol. The summed E-state index contributed by atoms with van der Waals surface area (Å²) in [7, 11) is 0. The minimum Gasteiger partial charge on any atom is -0.323 e. The van der Waals surface area contributed by atoms with Crippen LogP contribution in [0.2, 0.25) is 5.02 Å². The largest absolute Gasteiger partial charge is 0.323 e. The Kier molecular flexibility index (Phi) is 4.80. The van der Waals surface area contributed by atoms with Crippen molar-refractivity contribution in [1.82, 2.24) is 0 Å². The Labute approximate surface area is 119 Å². The lowest BCUT2D eigenvalue weighted by molar-refractivity contribution is 0.622. The SMILES string of the molecule is NC(CSc1ccc(F)cc1)c1cc(F)ccc1Cl. The van der Waals surface area contributed by atoms with Gasteiger partial charge in [0.25, 0.3) is 0 Å². The molecular formula is C14H12ClF2NS. The number of thioether (sulfide) groups is 1. The van der Waals surface area contributed by atoms with Crippen LogP contribution >= 0.6 is 23.4 Å². The Balaban J connectivity index is 2.03. The number of benzene rings is 2. The highest BCUT2D eigenvalue weighted by Crippen LogP contribution is 2.28. The molecule has 0 aliphatic rings. The Hall–Kier alpha value is -1.10. The van der Waals surface area contributed by atoms with Gasteiger partial charge in [-0.15, -0.1) is 11.8 Å². The topological polar surface area (TPSA) is 26.0 Å². The Morgan fingerprint density at radius 2 is 1.68 bits per heavy atom. The highest BCUT2D eigenvalue weighted by atomic mass is 35.5. The second-order valence-electron chi connectivity index (χ2n) is 4.04. The van der Waals surface area contributed by atoms with Gasteiger partial charge in [-0.25, -0.2) is 8.78 Å². The van der Waals surface area contributed by atoms with Crippen molar-refractivity contribution >= 4 is 23.4 Å². The molecular weight excluding hydrogens is 288 g/mol. The summed E-state index contributed by atoms with van der Waals surface area (Å²) in [4.78, 5) is 0.907. The third-order valence-corrected chi connectivity index (χ3v) is 4.08. The van der Waals surface area contributed by atoms with E-state index in [0.717, 1.165) is 4.90 Å². The molecule has 2 rings (SSSR count). The quantitative estimate of drug-likeness (QED) is 0.846. The van der Waals surface area contributed by atoms with Gasteiger partial charge in [-0.2, -0.15) is 0 Å². The molecule has 0 radical (unpaired) electrons. The predicted molar refractivity (Wildman–Crippen MR) is 75.5 cm³/mol. The van der Waals surface area contributed by atoms with E-state index in [2.05, 4.69) is 0 Å². The molecule has 0 bridgehead atoms. The summed E-state index contributed by atoms with van der Waals surface area (Å²) < 4.78 is 25.9. The fourth-order valence-electron chi connectivity index (χ4n) is 1.61. The lowest BCUT2D eigenvalue weighted by Crippen LogP contribution is -2.13. The van der Waals surface area contributed by atoms with Crippen LogP contribution in [0.4, 0.5) is 8.78 Å². The van der Waals surface area contributed by atoms with Crippen molar-refractivity contribution in [2.45, 2.75) is 10.9 Å². The Morgan fingerprint density at radius 1 is 1.05 bits per heavy atom. The molecule has 0 saturated carbocycles. The molecule has 2 aromatic rings. The van der Waals surface area contributed by atoms with Gasteiger partial charge in [-0.3, -0.25) is 0 Å². The van der Waals surface area contributed by atoms with Gasteiger partial charge in [-0.1, -0.05) is 11.6 Å². The fourth-order valence-corrected chi connectivity index (χ4v) is 2.74. The van der Waals surface area contributed by atoms with Gasteiger partial charge in [0, 0.05) is 21.7 Å². The van der Waals surface area contributed by atoms with Gasteiger partial charge < -0.3 is 5.73 Å². The van der Waals surface area contributed by atoms with Crippen LogP contribution in [0.3, 0.4) is 0 Å². The molecule has 0 aliphatic heterocycles. The zero-order chi connectivity index (χ0) is 13.8. The summed E-state index contributed by atoms with van der Waals surface area (Å²) in [5.74, 6) is -0.0992. The minimum atomic E-state index is -0.377. The van der Waals surface area contributed by atoms with Crippen LogP contribution in [0.5, 0.6) is 0 Å². The summed E-state index contributed by atoms with van der Waals surface area (Å²) >= 11 is 7.46.